The van der Waals surface area contributed by atoms with Crippen LogP contribution in [-0.2, 0) is 14.8 Å². The molecule has 0 aliphatic heterocycles. The van der Waals surface area contributed by atoms with Crippen LogP contribution < -0.4 is 4.72 Å². The molecule has 4 nitrogen and oxygen atoms in total. The number of nitrogens with one attached hydrogen (secondary N) is 1. The number of sulfonamides is 1. The SMILES string of the molecule is CC(C)COCCCNS(=O)(=O)c1cc(Br)ccc1F. The zero-order chi connectivity index (χ0) is 15.2. The summed E-state index contributed by atoms with van der Waals surface area (Å²) in [5, 5.41) is 0. The Balaban J connectivity index is 2.48. The summed E-state index contributed by atoms with van der Waals surface area (Å²) in [6, 6.07) is 3.81. The molecule has 0 saturated heterocycles. The first-order chi connectivity index (χ1) is 9.33. The second-order valence-corrected chi connectivity index (χ2v) is 7.45. The summed E-state index contributed by atoms with van der Waals surface area (Å²) in [5.41, 5.74) is 0. The predicted molar refractivity (Wildman–Crippen MR) is 79.6 cm³/mol. The minimum atomic E-state index is -3.83. The highest BCUT2D eigenvalue weighted by molar-refractivity contribution is 9.10. The van der Waals surface area contributed by atoms with Crippen LogP contribution in [0.25, 0.3) is 0 Å². The Kier molecular flexibility index (Phi) is 7.08. The summed E-state index contributed by atoms with van der Waals surface area (Å²) in [6.45, 7) is 5.42. The van der Waals surface area contributed by atoms with Gasteiger partial charge in [0.1, 0.15) is 10.7 Å². The first-order valence-electron chi connectivity index (χ1n) is 6.35. The van der Waals surface area contributed by atoms with E-state index in [4.69, 9.17) is 4.74 Å². The zero-order valence-electron chi connectivity index (χ0n) is 11.5. The molecule has 0 bridgehead atoms. The van der Waals surface area contributed by atoms with Crippen molar-refractivity contribution in [1.29, 1.82) is 0 Å². The molecule has 1 aromatic rings. The average molecular weight is 368 g/mol. The molecule has 1 rings (SSSR count). The van der Waals surface area contributed by atoms with Gasteiger partial charge in [-0.2, -0.15) is 0 Å². The zero-order valence-corrected chi connectivity index (χ0v) is 13.9. The standard InChI is InChI=1S/C13H19BrFNO3S/c1-10(2)9-19-7-3-6-16-20(17,18)13-8-11(14)4-5-12(13)15/h4-5,8,10,16H,3,6-7,9H2,1-2H3. The van der Waals surface area contributed by atoms with Gasteiger partial charge in [-0.3, -0.25) is 0 Å². The Labute approximate surface area is 127 Å². The van der Waals surface area contributed by atoms with Crippen molar-refractivity contribution < 1.29 is 17.5 Å². The second kappa shape index (κ2) is 8.07. The van der Waals surface area contributed by atoms with Gasteiger partial charge in [0.25, 0.3) is 0 Å². The van der Waals surface area contributed by atoms with Crippen LogP contribution in [0.3, 0.4) is 0 Å². The molecule has 114 valence electrons. The van der Waals surface area contributed by atoms with Crippen LogP contribution in [0.5, 0.6) is 0 Å². The van der Waals surface area contributed by atoms with E-state index in [-0.39, 0.29) is 11.4 Å². The molecule has 0 aliphatic rings. The van der Waals surface area contributed by atoms with Crippen molar-refractivity contribution in [2.75, 3.05) is 19.8 Å². The van der Waals surface area contributed by atoms with E-state index in [2.05, 4.69) is 20.7 Å². The fourth-order valence-corrected chi connectivity index (χ4v) is 3.15. The maximum absolute atomic E-state index is 13.5. The van der Waals surface area contributed by atoms with Gasteiger partial charge < -0.3 is 4.74 Å². The van der Waals surface area contributed by atoms with Gasteiger partial charge in [-0.15, -0.1) is 0 Å². The number of benzene rings is 1. The summed E-state index contributed by atoms with van der Waals surface area (Å²) in [7, 11) is -3.83. The monoisotopic (exact) mass is 367 g/mol. The van der Waals surface area contributed by atoms with Crippen LogP contribution in [0.1, 0.15) is 20.3 Å². The normalized spacial score (nSPS) is 12.1. The van der Waals surface area contributed by atoms with Gasteiger partial charge in [0, 0.05) is 24.2 Å². The van der Waals surface area contributed by atoms with E-state index in [9.17, 15) is 12.8 Å². The lowest BCUT2D eigenvalue weighted by Crippen LogP contribution is -2.26. The minimum absolute atomic E-state index is 0.215. The predicted octanol–water partition coefficient (Wildman–Crippen LogP) is 2.93. The molecule has 1 aromatic carbocycles. The minimum Gasteiger partial charge on any atom is -0.381 e. The van der Waals surface area contributed by atoms with E-state index in [1.54, 1.807) is 0 Å². The van der Waals surface area contributed by atoms with Gasteiger partial charge in [0.05, 0.1) is 0 Å². The van der Waals surface area contributed by atoms with Gasteiger partial charge >= 0.3 is 0 Å². The summed E-state index contributed by atoms with van der Waals surface area (Å²) in [6.07, 6.45) is 0.543. The summed E-state index contributed by atoms with van der Waals surface area (Å²) < 4.78 is 45.6. The summed E-state index contributed by atoms with van der Waals surface area (Å²) in [4.78, 5) is -0.352. The van der Waals surface area contributed by atoms with Crippen LogP contribution >= 0.6 is 15.9 Å². The Morgan fingerprint density at radius 2 is 2.10 bits per heavy atom. The first-order valence-corrected chi connectivity index (χ1v) is 8.63. The van der Waals surface area contributed by atoms with E-state index in [0.29, 0.717) is 30.0 Å². The smallest absolute Gasteiger partial charge is 0.243 e. The highest BCUT2D eigenvalue weighted by atomic mass is 79.9. The topological polar surface area (TPSA) is 55.4 Å². The Morgan fingerprint density at radius 1 is 1.40 bits per heavy atom. The van der Waals surface area contributed by atoms with Crippen molar-refractivity contribution in [3.05, 3.63) is 28.5 Å². The van der Waals surface area contributed by atoms with E-state index < -0.39 is 15.8 Å². The van der Waals surface area contributed by atoms with Crippen molar-refractivity contribution >= 4 is 26.0 Å². The third-order valence-corrected chi connectivity index (χ3v) is 4.36. The van der Waals surface area contributed by atoms with Crippen LogP contribution in [0.4, 0.5) is 4.39 Å². The molecule has 7 heteroatoms. The lowest BCUT2D eigenvalue weighted by Gasteiger charge is -2.09. The third-order valence-electron chi connectivity index (χ3n) is 2.39. The number of hydrogen-bond acceptors (Lipinski definition) is 3. The van der Waals surface area contributed by atoms with Crippen LogP contribution in [0.2, 0.25) is 0 Å². The quantitative estimate of drug-likeness (QED) is 0.718. The van der Waals surface area contributed by atoms with Crippen molar-refractivity contribution in [2.24, 2.45) is 5.92 Å². The number of hydrogen-bond donors (Lipinski definition) is 1. The molecule has 1 N–H and O–H groups in total. The lowest BCUT2D eigenvalue weighted by atomic mass is 10.2. The van der Waals surface area contributed by atoms with Gasteiger partial charge in [0.15, 0.2) is 0 Å². The van der Waals surface area contributed by atoms with Gasteiger partial charge in [0.2, 0.25) is 10.0 Å². The van der Waals surface area contributed by atoms with Crippen molar-refractivity contribution in [3.63, 3.8) is 0 Å². The summed E-state index contributed by atoms with van der Waals surface area (Å²) >= 11 is 3.13. The van der Waals surface area contributed by atoms with Crippen LogP contribution in [0, 0.1) is 11.7 Å². The Morgan fingerprint density at radius 3 is 2.75 bits per heavy atom. The molecule has 0 spiro atoms. The highest BCUT2D eigenvalue weighted by Gasteiger charge is 2.18. The molecule has 0 saturated carbocycles. The van der Waals surface area contributed by atoms with Gasteiger partial charge in [-0.05, 0) is 30.5 Å². The molecule has 0 fully saturated rings. The largest absolute Gasteiger partial charge is 0.381 e. The Bertz CT molecular complexity index is 534. The number of halogens is 2. The molecule has 20 heavy (non-hydrogen) atoms. The van der Waals surface area contributed by atoms with E-state index in [0.717, 1.165) is 6.07 Å². The maximum Gasteiger partial charge on any atom is 0.243 e. The number of ether oxygens (including phenoxy) is 1. The molecule has 0 aliphatic carbocycles. The van der Waals surface area contributed by atoms with Gasteiger partial charge in [-0.1, -0.05) is 29.8 Å². The third kappa shape index (κ3) is 5.87. The molecule has 0 aromatic heterocycles. The molecule has 0 radical (unpaired) electrons. The molecule has 0 atom stereocenters. The number of rotatable bonds is 8. The first kappa shape index (κ1) is 17.6. The maximum atomic E-state index is 13.5. The lowest BCUT2D eigenvalue weighted by molar-refractivity contribution is 0.108. The molecular formula is C13H19BrFNO3S. The fourth-order valence-electron chi connectivity index (χ4n) is 1.46. The van der Waals surface area contributed by atoms with Crippen molar-refractivity contribution in [1.82, 2.24) is 4.72 Å². The second-order valence-electron chi connectivity index (χ2n) is 4.79. The van der Waals surface area contributed by atoms with Crippen LogP contribution in [-0.4, -0.2) is 28.2 Å². The van der Waals surface area contributed by atoms with E-state index in [1.165, 1.54) is 12.1 Å². The van der Waals surface area contributed by atoms with E-state index >= 15 is 0 Å². The fraction of sp³-hybridized carbons (Fsp3) is 0.538. The highest BCUT2D eigenvalue weighted by Crippen LogP contribution is 2.19. The van der Waals surface area contributed by atoms with Crippen molar-refractivity contribution in [3.8, 4) is 0 Å². The van der Waals surface area contributed by atoms with Gasteiger partial charge in [-0.25, -0.2) is 17.5 Å². The Hall–Kier alpha value is -0.500. The summed E-state index contributed by atoms with van der Waals surface area (Å²) in [5.74, 6) is -0.320. The van der Waals surface area contributed by atoms with E-state index in [1.807, 2.05) is 13.8 Å². The molecule has 0 heterocycles. The molecular weight excluding hydrogens is 349 g/mol. The molecule has 0 unspecified atom stereocenters. The molecule has 0 amide bonds. The van der Waals surface area contributed by atoms with Crippen LogP contribution in [0.15, 0.2) is 27.6 Å². The average Bonchev–Trinajstić information content (AvgIpc) is 2.36. The van der Waals surface area contributed by atoms with Crippen molar-refractivity contribution in [2.45, 2.75) is 25.2 Å².